The molecule has 102 valence electrons. The molecule has 1 aromatic rings. The summed E-state index contributed by atoms with van der Waals surface area (Å²) in [5.74, 6) is 1.12. The summed E-state index contributed by atoms with van der Waals surface area (Å²) in [5, 5.41) is 0. The molecule has 0 aromatic heterocycles. The third-order valence-electron chi connectivity index (χ3n) is 4.11. The summed E-state index contributed by atoms with van der Waals surface area (Å²) < 4.78 is 5.25. The SMILES string of the molecule is C=CCC1(CCCC)Cc2cc(OC)ccc2C1=O. The molecule has 0 saturated heterocycles. The predicted octanol–water partition coefficient (Wildman–Crippen LogP) is 4.19. The Kier molecular flexibility index (Phi) is 4.08. The summed E-state index contributed by atoms with van der Waals surface area (Å²) in [7, 11) is 1.66. The summed E-state index contributed by atoms with van der Waals surface area (Å²) in [6, 6.07) is 5.79. The number of benzene rings is 1. The maximum atomic E-state index is 12.7. The molecule has 0 saturated carbocycles. The molecule has 2 nitrogen and oxygen atoms in total. The van der Waals surface area contributed by atoms with Crippen molar-refractivity contribution >= 4 is 5.78 Å². The Morgan fingerprint density at radius 2 is 2.26 bits per heavy atom. The molecule has 2 heteroatoms. The fourth-order valence-corrected chi connectivity index (χ4v) is 3.06. The van der Waals surface area contributed by atoms with Gasteiger partial charge in [-0.15, -0.1) is 6.58 Å². The van der Waals surface area contributed by atoms with E-state index in [-0.39, 0.29) is 5.41 Å². The molecule has 2 rings (SSSR count). The van der Waals surface area contributed by atoms with Gasteiger partial charge in [0.15, 0.2) is 5.78 Å². The normalized spacial score (nSPS) is 21.3. The molecule has 1 unspecified atom stereocenters. The Balaban J connectivity index is 2.34. The molecule has 0 radical (unpaired) electrons. The summed E-state index contributed by atoms with van der Waals surface area (Å²) in [6.45, 7) is 6.00. The highest BCUT2D eigenvalue weighted by Crippen LogP contribution is 2.44. The van der Waals surface area contributed by atoms with Gasteiger partial charge in [0.05, 0.1) is 7.11 Å². The molecule has 1 aromatic carbocycles. The fourth-order valence-electron chi connectivity index (χ4n) is 3.06. The van der Waals surface area contributed by atoms with Crippen LogP contribution in [0.4, 0.5) is 0 Å². The lowest BCUT2D eigenvalue weighted by Crippen LogP contribution is -2.27. The van der Waals surface area contributed by atoms with Crippen molar-refractivity contribution in [2.75, 3.05) is 7.11 Å². The number of unbranched alkanes of at least 4 members (excludes halogenated alkanes) is 1. The van der Waals surface area contributed by atoms with Gasteiger partial charge in [0.2, 0.25) is 0 Å². The van der Waals surface area contributed by atoms with Crippen LogP contribution in [0.5, 0.6) is 5.75 Å². The van der Waals surface area contributed by atoms with Gasteiger partial charge in [0, 0.05) is 11.0 Å². The van der Waals surface area contributed by atoms with Gasteiger partial charge in [-0.1, -0.05) is 25.8 Å². The lowest BCUT2D eigenvalue weighted by Gasteiger charge is -2.25. The number of hydrogen-bond acceptors (Lipinski definition) is 2. The van der Waals surface area contributed by atoms with Gasteiger partial charge in [-0.05, 0) is 43.0 Å². The first-order chi connectivity index (χ1) is 9.16. The van der Waals surface area contributed by atoms with Crippen LogP contribution in [-0.4, -0.2) is 12.9 Å². The van der Waals surface area contributed by atoms with Crippen LogP contribution < -0.4 is 4.74 Å². The van der Waals surface area contributed by atoms with Gasteiger partial charge < -0.3 is 4.74 Å². The van der Waals surface area contributed by atoms with E-state index < -0.39 is 0 Å². The van der Waals surface area contributed by atoms with Gasteiger partial charge in [0.25, 0.3) is 0 Å². The molecule has 0 bridgehead atoms. The molecule has 19 heavy (non-hydrogen) atoms. The average molecular weight is 258 g/mol. The van der Waals surface area contributed by atoms with Crippen molar-refractivity contribution in [1.29, 1.82) is 0 Å². The van der Waals surface area contributed by atoms with E-state index in [2.05, 4.69) is 13.5 Å². The number of ketones is 1. The Bertz CT molecular complexity index is 490. The second-order valence-electron chi connectivity index (χ2n) is 5.41. The topological polar surface area (TPSA) is 26.3 Å². The molecule has 0 aliphatic heterocycles. The smallest absolute Gasteiger partial charge is 0.169 e. The minimum absolute atomic E-state index is 0.257. The monoisotopic (exact) mass is 258 g/mol. The van der Waals surface area contributed by atoms with Crippen molar-refractivity contribution in [3.05, 3.63) is 42.0 Å². The second kappa shape index (κ2) is 5.60. The van der Waals surface area contributed by atoms with Gasteiger partial charge >= 0.3 is 0 Å². The maximum Gasteiger partial charge on any atom is 0.169 e. The number of ether oxygens (including phenoxy) is 1. The standard InChI is InChI=1S/C17H22O2/c1-4-6-10-17(9-5-2)12-13-11-14(19-3)7-8-15(13)16(17)18/h5,7-8,11H,2,4,6,9-10,12H2,1,3H3. The maximum absolute atomic E-state index is 12.7. The molecular weight excluding hydrogens is 236 g/mol. The largest absolute Gasteiger partial charge is 0.497 e. The Hall–Kier alpha value is -1.57. The first-order valence-electron chi connectivity index (χ1n) is 6.99. The molecule has 1 aliphatic rings. The van der Waals surface area contributed by atoms with Crippen molar-refractivity contribution in [3.8, 4) is 5.75 Å². The van der Waals surface area contributed by atoms with Crippen LogP contribution in [0.3, 0.4) is 0 Å². The van der Waals surface area contributed by atoms with E-state index in [1.165, 1.54) is 0 Å². The molecule has 1 aliphatic carbocycles. The molecule has 1 atom stereocenters. The van der Waals surface area contributed by atoms with Crippen molar-refractivity contribution in [3.63, 3.8) is 0 Å². The lowest BCUT2D eigenvalue weighted by atomic mass is 9.76. The fraction of sp³-hybridized carbons (Fsp3) is 0.471. The third kappa shape index (κ3) is 2.44. The van der Waals surface area contributed by atoms with Crippen molar-refractivity contribution < 1.29 is 9.53 Å². The van der Waals surface area contributed by atoms with Gasteiger partial charge in [-0.25, -0.2) is 0 Å². The molecule has 0 amide bonds. The van der Waals surface area contributed by atoms with Crippen LogP contribution in [0, 0.1) is 5.41 Å². The number of carbonyl (C=O) groups is 1. The van der Waals surface area contributed by atoms with E-state index >= 15 is 0 Å². The zero-order chi connectivity index (χ0) is 13.9. The summed E-state index contributed by atoms with van der Waals surface area (Å²) >= 11 is 0. The summed E-state index contributed by atoms with van der Waals surface area (Å²) in [6.07, 6.45) is 6.63. The van der Waals surface area contributed by atoms with Crippen molar-refractivity contribution in [2.45, 2.75) is 39.0 Å². The van der Waals surface area contributed by atoms with E-state index in [0.717, 1.165) is 49.0 Å². The van der Waals surface area contributed by atoms with Crippen LogP contribution in [0.25, 0.3) is 0 Å². The summed E-state index contributed by atoms with van der Waals surface area (Å²) in [5.41, 5.74) is 1.74. The highest BCUT2D eigenvalue weighted by molar-refractivity contribution is 6.05. The van der Waals surface area contributed by atoms with E-state index in [1.54, 1.807) is 7.11 Å². The Labute approximate surface area is 115 Å². The van der Waals surface area contributed by atoms with Crippen LogP contribution in [0.2, 0.25) is 0 Å². The minimum Gasteiger partial charge on any atom is -0.497 e. The van der Waals surface area contributed by atoms with Crippen molar-refractivity contribution in [2.24, 2.45) is 5.41 Å². The Morgan fingerprint density at radius 1 is 1.47 bits per heavy atom. The van der Waals surface area contributed by atoms with Crippen LogP contribution >= 0.6 is 0 Å². The number of hydrogen-bond donors (Lipinski definition) is 0. The number of fused-ring (bicyclic) bond motifs is 1. The van der Waals surface area contributed by atoms with Crippen LogP contribution in [0.15, 0.2) is 30.9 Å². The van der Waals surface area contributed by atoms with Gasteiger partial charge in [-0.2, -0.15) is 0 Å². The number of rotatable bonds is 6. The minimum atomic E-state index is -0.257. The summed E-state index contributed by atoms with van der Waals surface area (Å²) in [4.78, 5) is 12.7. The second-order valence-corrected chi connectivity index (χ2v) is 5.41. The van der Waals surface area contributed by atoms with Gasteiger partial charge in [0.1, 0.15) is 5.75 Å². The molecule has 0 N–H and O–H groups in total. The van der Waals surface area contributed by atoms with Crippen LogP contribution in [0.1, 0.15) is 48.5 Å². The van der Waals surface area contributed by atoms with E-state index in [0.29, 0.717) is 5.78 Å². The molecule has 0 heterocycles. The van der Waals surface area contributed by atoms with Crippen LogP contribution in [-0.2, 0) is 6.42 Å². The number of carbonyl (C=O) groups excluding carboxylic acids is 1. The van der Waals surface area contributed by atoms with Gasteiger partial charge in [-0.3, -0.25) is 4.79 Å². The highest BCUT2D eigenvalue weighted by atomic mass is 16.5. The first-order valence-corrected chi connectivity index (χ1v) is 6.99. The van der Waals surface area contributed by atoms with E-state index in [4.69, 9.17) is 4.74 Å². The third-order valence-corrected chi connectivity index (χ3v) is 4.11. The zero-order valence-corrected chi connectivity index (χ0v) is 11.9. The number of methoxy groups -OCH3 is 1. The number of Topliss-reactive ketones (excluding diaryl/α,β-unsaturated/α-hetero) is 1. The quantitative estimate of drug-likeness (QED) is 0.715. The predicted molar refractivity (Wildman–Crippen MR) is 77.8 cm³/mol. The van der Waals surface area contributed by atoms with E-state index in [9.17, 15) is 4.79 Å². The lowest BCUT2D eigenvalue weighted by molar-refractivity contribution is 0.0804. The molecular formula is C17H22O2. The number of allylic oxidation sites excluding steroid dienone is 1. The molecule has 0 spiro atoms. The first kappa shape index (κ1) is 13.9. The molecule has 0 fully saturated rings. The van der Waals surface area contributed by atoms with Crippen molar-refractivity contribution in [1.82, 2.24) is 0 Å². The average Bonchev–Trinajstić information content (AvgIpc) is 2.70. The zero-order valence-electron chi connectivity index (χ0n) is 11.9. The highest BCUT2D eigenvalue weighted by Gasteiger charge is 2.43. The Morgan fingerprint density at radius 3 is 2.89 bits per heavy atom. The van der Waals surface area contributed by atoms with E-state index in [1.807, 2.05) is 24.3 Å².